The van der Waals surface area contributed by atoms with Gasteiger partial charge >= 0.3 is 58.4 Å². The van der Waals surface area contributed by atoms with Crippen LogP contribution in [0.1, 0.15) is 12.8 Å². The summed E-state index contributed by atoms with van der Waals surface area (Å²) < 4.78 is 0. The molecular weight excluding hydrogens is 851 g/mol. The Balaban J connectivity index is 0.000000728. The van der Waals surface area contributed by atoms with Gasteiger partial charge in [0.1, 0.15) is 0 Å². The molecule has 1 saturated carbocycles. The Morgan fingerprint density at radius 3 is 0.818 bits per heavy atom. The maximum absolute atomic E-state index is 4.58. The number of rotatable bonds is 6. The molecule has 0 radical (unpaired) electrons. The third-order valence-corrected chi connectivity index (χ3v) is 12.6. The van der Waals surface area contributed by atoms with E-state index < -0.39 is 15.8 Å². The van der Waals surface area contributed by atoms with Gasteiger partial charge in [-0.05, 0) is 49.9 Å². The minimum Gasteiger partial charge on any atom is -0.0622 e. The van der Waals surface area contributed by atoms with Crippen LogP contribution in [0.5, 0.6) is 0 Å². The molecule has 0 aromatic heterocycles. The summed E-state index contributed by atoms with van der Waals surface area (Å²) >= 11 is 3.50. The van der Waals surface area contributed by atoms with E-state index in [9.17, 15) is 0 Å². The molecule has 0 unspecified atom stereocenters. The Hall–Kier alpha value is -0.199. The number of hydrogen-bond donors (Lipinski definition) is 0. The van der Waals surface area contributed by atoms with Crippen molar-refractivity contribution < 1.29 is 40.0 Å². The van der Waals surface area contributed by atoms with E-state index in [0.717, 1.165) is 0 Å². The van der Waals surface area contributed by atoms with Crippen molar-refractivity contribution in [2.45, 2.75) is 17.7 Å². The normalized spacial score (nSPS) is 13.5. The van der Waals surface area contributed by atoms with Gasteiger partial charge in [-0.3, -0.25) is 0 Å². The van der Waals surface area contributed by atoms with Gasteiger partial charge in [0.15, 0.2) is 0 Å². The first-order valence-electron chi connectivity index (χ1n) is 10.4. The summed E-state index contributed by atoms with van der Waals surface area (Å²) in [4.78, 5) is 0.329. The summed E-state index contributed by atoms with van der Waals surface area (Å²) in [5, 5.41) is 6.02. The molecule has 1 fully saturated rings. The molecule has 0 N–H and O–H groups in total. The predicted molar refractivity (Wildman–Crippen MR) is 142 cm³/mol. The van der Waals surface area contributed by atoms with Gasteiger partial charge in [-0.1, -0.05) is 121 Å². The van der Waals surface area contributed by atoms with E-state index in [2.05, 4.69) is 140 Å². The molecule has 0 amide bonds. The molecule has 0 atom stereocenters. The Morgan fingerprint density at radius 2 is 0.636 bits per heavy atom. The fourth-order valence-corrected chi connectivity index (χ4v) is 11.9. The number of halogens is 2. The molecular formula is C27H24Au2Cl2P2. The van der Waals surface area contributed by atoms with Crippen LogP contribution in [0.15, 0.2) is 121 Å². The average molecular weight is 875 g/mol. The van der Waals surface area contributed by atoms with Crippen LogP contribution >= 0.6 is 34.2 Å². The van der Waals surface area contributed by atoms with Gasteiger partial charge < -0.3 is 0 Å². The second-order valence-electron chi connectivity index (χ2n) is 7.50. The first-order chi connectivity index (χ1) is 16.4. The van der Waals surface area contributed by atoms with Crippen molar-refractivity contribution in [3.63, 3.8) is 0 Å². The minimum atomic E-state index is -0.441. The van der Waals surface area contributed by atoms with E-state index in [1.807, 2.05) is 0 Å². The molecule has 0 aliphatic heterocycles. The molecule has 0 nitrogen and oxygen atoms in total. The Bertz CT molecular complexity index is 900. The van der Waals surface area contributed by atoms with E-state index in [1.54, 1.807) is 40.0 Å². The van der Waals surface area contributed by atoms with Crippen LogP contribution in [0.4, 0.5) is 0 Å². The number of hydrogen-bond acceptors (Lipinski definition) is 0. The molecule has 33 heavy (non-hydrogen) atoms. The molecule has 0 saturated heterocycles. The van der Waals surface area contributed by atoms with E-state index in [-0.39, 0.29) is 0 Å². The van der Waals surface area contributed by atoms with Gasteiger partial charge in [0.2, 0.25) is 0 Å². The van der Waals surface area contributed by atoms with E-state index in [0.29, 0.717) is 4.90 Å². The Morgan fingerprint density at radius 1 is 0.424 bits per heavy atom. The van der Waals surface area contributed by atoms with Crippen LogP contribution in [0, 0.1) is 0 Å². The monoisotopic (exact) mass is 874 g/mol. The van der Waals surface area contributed by atoms with Gasteiger partial charge in [-0.2, -0.15) is 0 Å². The van der Waals surface area contributed by atoms with Gasteiger partial charge in [0.05, 0.1) is 0 Å². The first kappa shape index (κ1) is 27.4. The minimum absolute atomic E-state index is 0.329. The maximum atomic E-state index is 4.58. The standard InChI is InChI=1S/C27H24P2.2Au.2ClH/c1-5-13-23(14-6-1)28(24-15-7-2-8-16-24)27(21-22-27)29(25-17-9-3-10-18-25)26-19-11-4-12-20-26;;;;/h1-20H,21-22H2;;;2*1H/q;2*+1;;/p-2. The van der Waals surface area contributed by atoms with E-state index >= 15 is 0 Å². The van der Waals surface area contributed by atoms with Crippen molar-refractivity contribution in [2.75, 3.05) is 0 Å². The van der Waals surface area contributed by atoms with Crippen LogP contribution in [-0.4, -0.2) is 4.90 Å². The second-order valence-corrected chi connectivity index (χ2v) is 13.0. The van der Waals surface area contributed by atoms with Crippen molar-refractivity contribution in [2.24, 2.45) is 0 Å². The topological polar surface area (TPSA) is 0 Å². The van der Waals surface area contributed by atoms with Crippen molar-refractivity contribution >= 4 is 55.4 Å². The molecule has 1 aliphatic rings. The van der Waals surface area contributed by atoms with Gasteiger partial charge in [0, 0.05) is 4.90 Å². The molecule has 0 spiro atoms. The molecule has 6 heteroatoms. The summed E-state index contributed by atoms with van der Waals surface area (Å²) in [6.07, 6.45) is 2.61. The van der Waals surface area contributed by atoms with Gasteiger partial charge in [0.25, 0.3) is 0 Å². The molecule has 4 aromatic rings. The molecule has 1 aliphatic carbocycles. The van der Waals surface area contributed by atoms with Gasteiger partial charge in [-0.25, -0.2) is 0 Å². The summed E-state index contributed by atoms with van der Waals surface area (Å²) in [7, 11) is 8.29. The average Bonchev–Trinajstić information content (AvgIpc) is 3.70. The largest absolute Gasteiger partial charge is 0.0622 e. The zero-order valence-electron chi connectivity index (χ0n) is 17.7. The summed E-state index contributed by atoms with van der Waals surface area (Å²) in [6.45, 7) is 0. The summed E-state index contributed by atoms with van der Waals surface area (Å²) in [5.74, 6) is 0. The molecule has 5 rings (SSSR count). The van der Waals surface area contributed by atoms with E-state index in [1.165, 1.54) is 34.1 Å². The third-order valence-electron chi connectivity index (χ3n) is 5.59. The van der Waals surface area contributed by atoms with Crippen LogP contribution < -0.4 is 21.2 Å². The Kier molecular flexibility index (Phi) is 11.9. The number of benzene rings is 4. The maximum Gasteiger partial charge on any atom is 0.0268 e. The second kappa shape index (κ2) is 14.4. The summed E-state index contributed by atoms with van der Waals surface area (Å²) in [6, 6.07) is 45.0. The van der Waals surface area contributed by atoms with Crippen molar-refractivity contribution in [3.8, 4) is 0 Å². The molecule has 4 aromatic carbocycles. The Labute approximate surface area is 232 Å². The quantitative estimate of drug-likeness (QED) is 0.143. The SMILES string of the molecule is [Cl][Au].[Cl][Au].c1ccc(P(c2ccccc2)C2(P(c3ccccc3)c3ccccc3)CC2)cc1. The van der Waals surface area contributed by atoms with Crippen molar-refractivity contribution in [3.05, 3.63) is 121 Å². The van der Waals surface area contributed by atoms with Crippen molar-refractivity contribution in [1.82, 2.24) is 0 Å². The predicted octanol–water partition coefficient (Wildman–Crippen LogP) is 7.12. The zero-order valence-corrected chi connectivity index (χ0v) is 25.3. The van der Waals surface area contributed by atoms with Crippen LogP contribution in [0.25, 0.3) is 0 Å². The fraction of sp³-hybridized carbons (Fsp3) is 0.111. The van der Waals surface area contributed by atoms with Crippen LogP contribution in [0.3, 0.4) is 0 Å². The molecule has 178 valence electrons. The third kappa shape index (κ3) is 6.73. The van der Waals surface area contributed by atoms with E-state index in [4.69, 9.17) is 0 Å². The first-order valence-corrected chi connectivity index (χ1v) is 18.5. The summed E-state index contributed by atoms with van der Waals surface area (Å²) in [5.41, 5.74) is 0. The van der Waals surface area contributed by atoms with Crippen LogP contribution in [-0.2, 0) is 40.0 Å². The fourth-order valence-electron chi connectivity index (χ4n) is 4.23. The van der Waals surface area contributed by atoms with Gasteiger partial charge in [-0.15, -0.1) is 0 Å². The molecule has 0 bridgehead atoms. The van der Waals surface area contributed by atoms with Crippen LogP contribution in [0.2, 0.25) is 0 Å². The smallest absolute Gasteiger partial charge is 0.0268 e. The van der Waals surface area contributed by atoms with Crippen molar-refractivity contribution in [1.29, 1.82) is 0 Å². The zero-order chi connectivity index (χ0) is 23.5. The molecule has 0 heterocycles.